The van der Waals surface area contributed by atoms with Crippen LogP contribution >= 0.6 is 0 Å². The topological polar surface area (TPSA) is 75.6 Å². The molecule has 5 nitrogen and oxygen atoms in total. The molecule has 6 heteroatoms. The fraction of sp³-hybridized carbons (Fsp3) is 0.520. The molecule has 2 aromatic rings. The Bertz CT molecular complexity index is 957. The first-order valence-electron chi connectivity index (χ1n) is 11.2. The van der Waals surface area contributed by atoms with Crippen molar-refractivity contribution in [2.45, 2.75) is 58.2 Å². The van der Waals surface area contributed by atoms with Crippen LogP contribution in [0.5, 0.6) is 5.75 Å². The number of hydrogen-bond donors (Lipinski definition) is 2. The molecule has 170 valence electrons. The number of benzene rings is 2. The van der Waals surface area contributed by atoms with Gasteiger partial charge in [0.15, 0.2) is 9.84 Å². The second-order valence-corrected chi connectivity index (χ2v) is 11.1. The van der Waals surface area contributed by atoms with E-state index in [0.717, 1.165) is 23.3 Å². The van der Waals surface area contributed by atoms with Gasteiger partial charge in [0.25, 0.3) is 0 Å². The molecule has 0 amide bonds. The van der Waals surface area contributed by atoms with E-state index in [-0.39, 0.29) is 17.4 Å². The Hall–Kier alpha value is -1.89. The van der Waals surface area contributed by atoms with Crippen LogP contribution in [0.1, 0.15) is 49.8 Å². The van der Waals surface area contributed by atoms with Crippen molar-refractivity contribution in [3.63, 3.8) is 0 Å². The van der Waals surface area contributed by atoms with Crippen LogP contribution in [-0.2, 0) is 22.8 Å². The number of rotatable bonds is 9. The summed E-state index contributed by atoms with van der Waals surface area (Å²) in [5.41, 5.74) is 3.33. The number of nitrogens with one attached hydrogen (secondary N) is 1. The van der Waals surface area contributed by atoms with Gasteiger partial charge >= 0.3 is 0 Å². The van der Waals surface area contributed by atoms with E-state index in [9.17, 15) is 13.5 Å². The summed E-state index contributed by atoms with van der Waals surface area (Å²) in [6.45, 7) is 7.53. The number of sulfone groups is 1. The molecule has 0 unspecified atom stereocenters. The molecular weight excluding hydrogens is 410 g/mol. The van der Waals surface area contributed by atoms with E-state index in [1.165, 1.54) is 5.56 Å². The van der Waals surface area contributed by atoms with Gasteiger partial charge in [-0.05, 0) is 47.6 Å². The first-order chi connectivity index (χ1) is 14.8. The quantitative estimate of drug-likeness (QED) is 0.615. The number of ether oxygens (including phenoxy) is 1. The fourth-order valence-electron chi connectivity index (χ4n) is 4.15. The van der Waals surface area contributed by atoms with Gasteiger partial charge in [-0.3, -0.25) is 0 Å². The van der Waals surface area contributed by atoms with Crippen LogP contribution in [0.2, 0.25) is 0 Å². The lowest BCUT2D eigenvalue weighted by Crippen LogP contribution is -2.54. The number of hydrogen-bond acceptors (Lipinski definition) is 5. The van der Waals surface area contributed by atoms with Crippen LogP contribution in [0.25, 0.3) is 0 Å². The van der Waals surface area contributed by atoms with Crippen molar-refractivity contribution in [2.75, 3.05) is 18.1 Å². The van der Waals surface area contributed by atoms with Crippen molar-refractivity contribution in [2.24, 2.45) is 5.92 Å². The molecule has 0 bridgehead atoms. The number of aliphatic hydroxyl groups is 1. The van der Waals surface area contributed by atoms with Gasteiger partial charge < -0.3 is 15.2 Å². The van der Waals surface area contributed by atoms with Crippen LogP contribution in [-0.4, -0.2) is 43.8 Å². The highest BCUT2D eigenvalue weighted by Gasteiger charge is 2.39. The first kappa shape index (κ1) is 23.8. The molecule has 0 spiro atoms. The highest BCUT2D eigenvalue weighted by atomic mass is 32.2. The summed E-state index contributed by atoms with van der Waals surface area (Å²) in [5, 5.41) is 14.3. The van der Waals surface area contributed by atoms with Crippen molar-refractivity contribution >= 4 is 9.84 Å². The third-order valence-electron chi connectivity index (χ3n) is 5.85. The molecule has 0 saturated carbocycles. The standard InChI is InChI=1S/C25H35NO4S/c1-4-11-30-23-10-6-7-19(14-23)12-22-16-31(28,29)17-24(25(22)27)26-15-20-8-5-9-21(13-20)18(2)3/h5-10,13-14,18,22,24-27H,4,11-12,15-17H2,1-3H3/t22-,24+,25+/m1/s1. The monoisotopic (exact) mass is 445 g/mol. The molecule has 31 heavy (non-hydrogen) atoms. The van der Waals surface area contributed by atoms with E-state index in [0.29, 0.717) is 25.5 Å². The summed E-state index contributed by atoms with van der Waals surface area (Å²) in [6, 6.07) is 15.5. The van der Waals surface area contributed by atoms with Gasteiger partial charge in [-0.2, -0.15) is 0 Å². The van der Waals surface area contributed by atoms with Gasteiger partial charge in [0, 0.05) is 18.5 Å². The molecule has 0 aromatic heterocycles. The molecule has 0 aliphatic carbocycles. The minimum Gasteiger partial charge on any atom is -0.494 e. The van der Waals surface area contributed by atoms with Crippen molar-refractivity contribution in [3.05, 3.63) is 65.2 Å². The highest BCUT2D eigenvalue weighted by molar-refractivity contribution is 7.91. The molecule has 1 aliphatic heterocycles. The van der Waals surface area contributed by atoms with Crippen molar-refractivity contribution in [1.29, 1.82) is 0 Å². The Labute approximate surface area is 186 Å². The second kappa shape index (κ2) is 10.6. The smallest absolute Gasteiger partial charge is 0.152 e. The maximum Gasteiger partial charge on any atom is 0.152 e. The zero-order chi connectivity index (χ0) is 22.4. The molecule has 1 saturated heterocycles. The Balaban J connectivity index is 1.68. The zero-order valence-corrected chi connectivity index (χ0v) is 19.6. The average molecular weight is 446 g/mol. The van der Waals surface area contributed by atoms with Crippen molar-refractivity contribution in [3.8, 4) is 5.75 Å². The van der Waals surface area contributed by atoms with E-state index in [4.69, 9.17) is 4.74 Å². The third kappa shape index (κ3) is 6.79. The lowest BCUT2D eigenvalue weighted by Gasteiger charge is -2.35. The molecule has 1 aliphatic rings. The normalized spacial score (nSPS) is 23.1. The van der Waals surface area contributed by atoms with E-state index in [1.54, 1.807) is 0 Å². The predicted molar refractivity (Wildman–Crippen MR) is 125 cm³/mol. The lowest BCUT2D eigenvalue weighted by atomic mass is 9.91. The van der Waals surface area contributed by atoms with Crippen molar-refractivity contribution in [1.82, 2.24) is 5.32 Å². The summed E-state index contributed by atoms with van der Waals surface area (Å²) in [6.07, 6.45) is 0.708. The zero-order valence-electron chi connectivity index (χ0n) is 18.8. The minimum atomic E-state index is -3.24. The van der Waals surface area contributed by atoms with Crippen molar-refractivity contribution < 1.29 is 18.3 Å². The average Bonchev–Trinajstić information content (AvgIpc) is 2.73. The largest absolute Gasteiger partial charge is 0.494 e. The highest BCUT2D eigenvalue weighted by Crippen LogP contribution is 2.26. The first-order valence-corrected chi connectivity index (χ1v) is 13.0. The molecule has 0 radical (unpaired) electrons. The summed E-state index contributed by atoms with van der Waals surface area (Å²) in [7, 11) is -3.24. The molecule has 2 N–H and O–H groups in total. The summed E-state index contributed by atoms with van der Waals surface area (Å²) < 4.78 is 30.9. The van der Waals surface area contributed by atoms with Gasteiger partial charge in [-0.1, -0.05) is 57.2 Å². The second-order valence-electron chi connectivity index (χ2n) is 8.91. The maximum atomic E-state index is 12.6. The van der Waals surface area contributed by atoms with E-state index in [1.807, 2.05) is 36.4 Å². The molecular formula is C25H35NO4S. The summed E-state index contributed by atoms with van der Waals surface area (Å²) >= 11 is 0. The summed E-state index contributed by atoms with van der Waals surface area (Å²) in [5.74, 6) is 0.845. The van der Waals surface area contributed by atoms with E-state index in [2.05, 4.69) is 38.2 Å². The Kier molecular flexibility index (Phi) is 8.14. The van der Waals surface area contributed by atoms with Gasteiger partial charge in [0.2, 0.25) is 0 Å². The van der Waals surface area contributed by atoms with Gasteiger partial charge in [0.05, 0.1) is 24.2 Å². The number of aliphatic hydroxyl groups excluding tert-OH is 1. The Morgan fingerprint density at radius 3 is 2.58 bits per heavy atom. The van der Waals surface area contributed by atoms with Crippen LogP contribution in [0.15, 0.2) is 48.5 Å². The molecule has 1 heterocycles. The van der Waals surface area contributed by atoms with E-state index < -0.39 is 22.0 Å². The Morgan fingerprint density at radius 2 is 1.84 bits per heavy atom. The van der Waals surface area contributed by atoms with Gasteiger partial charge in [0.1, 0.15) is 5.75 Å². The molecule has 1 fully saturated rings. The lowest BCUT2D eigenvalue weighted by molar-refractivity contribution is 0.0781. The SMILES string of the molecule is CCCOc1cccc(C[C@@H]2CS(=O)(=O)C[C@H](NCc3cccc(C(C)C)c3)[C@H]2O)c1. The van der Waals surface area contributed by atoms with Crippen LogP contribution in [0, 0.1) is 5.92 Å². The van der Waals surface area contributed by atoms with Crippen LogP contribution in [0.4, 0.5) is 0 Å². The van der Waals surface area contributed by atoms with Gasteiger partial charge in [-0.15, -0.1) is 0 Å². The van der Waals surface area contributed by atoms with E-state index >= 15 is 0 Å². The minimum absolute atomic E-state index is 0.00915. The molecule has 2 aromatic carbocycles. The van der Waals surface area contributed by atoms with Crippen LogP contribution < -0.4 is 10.1 Å². The Morgan fingerprint density at radius 1 is 1.10 bits per heavy atom. The van der Waals surface area contributed by atoms with Crippen LogP contribution in [0.3, 0.4) is 0 Å². The summed E-state index contributed by atoms with van der Waals surface area (Å²) in [4.78, 5) is 0. The third-order valence-corrected chi connectivity index (χ3v) is 7.66. The predicted octanol–water partition coefficient (Wildman–Crippen LogP) is 3.71. The molecule has 3 atom stereocenters. The maximum absolute atomic E-state index is 12.6. The van der Waals surface area contributed by atoms with Gasteiger partial charge in [-0.25, -0.2) is 8.42 Å². The molecule has 3 rings (SSSR count). The fourth-order valence-corrected chi connectivity index (χ4v) is 6.11.